The molecule has 0 amide bonds. The molecule has 0 aliphatic carbocycles. The number of aryl methyl sites for hydroxylation is 1. The van der Waals surface area contributed by atoms with Gasteiger partial charge in [0.05, 0.1) is 0 Å². The Morgan fingerprint density at radius 3 is 2.13 bits per heavy atom. The van der Waals surface area contributed by atoms with E-state index in [0.29, 0.717) is 5.56 Å². The molecule has 0 unspecified atom stereocenters. The van der Waals surface area contributed by atoms with Crippen LogP contribution in [0.5, 0.6) is 0 Å². The van der Waals surface area contributed by atoms with Crippen LogP contribution in [0.2, 0.25) is 0 Å². The first kappa shape index (κ1) is 11.9. The quantitative estimate of drug-likeness (QED) is 0.755. The Balaban J connectivity index is 3.29. The molecular formula is C13H18O2. The Bertz CT molecular complexity index is 398. The maximum absolute atomic E-state index is 11.9. The second kappa shape index (κ2) is 3.78. The SMILES string of the molecule is Cc1ccc(C(=O)C(C)(C)O)c(C)c1C. The summed E-state index contributed by atoms with van der Waals surface area (Å²) >= 11 is 0. The van der Waals surface area contributed by atoms with E-state index in [1.54, 1.807) is 6.07 Å². The first-order valence-corrected chi connectivity index (χ1v) is 5.09. The van der Waals surface area contributed by atoms with E-state index in [9.17, 15) is 9.90 Å². The summed E-state index contributed by atoms with van der Waals surface area (Å²) in [7, 11) is 0. The lowest BCUT2D eigenvalue weighted by atomic mass is 9.90. The zero-order valence-corrected chi connectivity index (χ0v) is 10.0. The van der Waals surface area contributed by atoms with Crippen LogP contribution in [0.1, 0.15) is 40.9 Å². The minimum atomic E-state index is -1.30. The fourth-order valence-corrected chi connectivity index (χ4v) is 1.53. The molecule has 0 aromatic heterocycles. The van der Waals surface area contributed by atoms with Crippen molar-refractivity contribution in [3.8, 4) is 0 Å². The number of hydrogen-bond acceptors (Lipinski definition) is 2. The highest BCUT2D eigenvalue weighted by molar-refractivity contribution is 6.03. The van der Waals surface area contributed by atoms with Crippen molar-refractivity contribution >= 4 is 5.78 Å². The lowest BCUT2D eigenvalue weighted by Gasteiger charge is -2.18. The van der Waals surface area contributed by atoms with Crippen molar-refractivity contribution in [1.29, 1.82) is 0 Å². The number of benzene rings is 1. The molecule has 1 aromatic carbocycles. The van der Waals surface area contributed by atoms with Gasteiger partial charge in [-0.05, 0) is 51.3 Å². The topological polar surface area (TPSA) is 37.3 Å². The lowest BCUT2D eigenvalue weighted by Crippen LogP contribution is -2.31. The summed E-state index contributed by atoms with van der Waals surface area (Å²) < 4.78 is 0. The fraction of sp³-hybridized carbons (Fsp3) is 0.462. The molecule has 15 heavy (non-hydrogen) atoms. The van der Waals surface area contributed by atoms with Gasteiger partial charge in [-0.25, -0.2) is 0 Å². The van der Waals surface area contributed by atoms with E-state index in [4.69, 9.17) is 0 Å². The van der Waals surface area contributed by atoms with Gasteiger partial charge in [0.15, 0.2) is 5.78 Å². The molecule has 0 aliphatic rings. The van der Waals surface area contributed by atoms with E-state index in [-0.39, 0.29) is 5.78 Å². The Morgan fingerprint density at radius 2 is 1.67 bits per heavy atom. The number of carbonyl (C=O) groups excluding carboxylic acids is 1. The van der Waals surface area contributed by atoms with Crippen LogP contribution < -0.4 is 0 Å². The number of rotatable bonds is 2. The third kappa shape index (κ3) is 2.26. The summed E-state index contributed by atoms with van der Waals surface area (Å²) in [4.78, 5) is 11.9. The van der Waals surface area contributed by atoms with Crippen molar-refractivity contribution in [2.75, 3.05) is 0 Å². The number of carbonyl (C=O) groups is 1. The second-order valence-electron chi connectivity index (χ2n) is 4.57. The molecule has 0 aliphatic heterocycles. The van der Waals surface area contributed by atoms with E-state index in [2.05, 4.69) is 0 Å². The highest BCUT2D eigenvalue weighted by atomic mass is 16.3. The van der Waals surface area contributed by atoms with Crippen molar-refractivity contribution < 1.29 is 9.90 Å². The van der Waals surface area contributed by atoms with Gasteiger partial charge in [-0.3, -0.25) is 4.79 Å². The molecule has 0 radical (unpaired) electrons. The first-order chi connectivity index (χ1) is 6.75. The van der Waals surface area contributed by atoms with Crippen LogP contribution in [0.25, 0.3) is 0 Å². The van der Waals surface area contributed by atoms with Crippen molar-refractivity contribution in [2.45, 2.75) is 40.2 Å². The molecule has 0 fully saturated rings. The molecule has 2 heteroatoms. The summed E-state index contributed by atoms with van der Waals surface area (Å²) in [5.74, 6) is -0.219. The third-order valence-electron chi connectivity index (χ3n) is 2.86. The van der Waals surface area contributed by atoms with Gasteiger partial charge in [0.25, 0.3) is 0 Å². The highest BCUT2D eigenvalue weighted by Gasteiger charge is 2.26. The molecule has 82 valence electrons. The number of hydrogen-bond donors (Lipinski definition) is 1. The van der Waals surface area contributed by atoms with Crippen LogP contribution in [0.3, 0.4) is 0 Å². The van der Waals surface area contributed by atoms with E-state index in [0.717, 1.165) is 11.1 Å². The maximum Gasteiger partial charge on any atom is 0.194 e. The van der Waals surface area contributed by atoms with Crippen LogP contribution >= 0.6 is 0 Å². The smallest absolute Gasteiger partial charge is 0.194 e. The van der Waals surface area contributed by atoms with Gasteiger partial charge in [-0.1, -0.05) is 12.1 Å². The van der Waals surface area contributed by atoms with Crippen LogP contribution in [0, 0.1) is 20.8 Å². The van der Waals surface area contributed by atoms with E-state index < -0.39 is 5.60 Å². The van der Waals surface area contributed by atoms with Crippen molar-refractivity contribution in [2.24, 2.45) is 0 Å². The minimum absolute atomic E-state index is 0.219. The Kier molecular flexibility index (Phi) is 3.00. The normalized spacial score (nSPS) is 11.6. The molecule has 0 saturated carbocycles. The molecule has 0 spiro atoms. The Labute approximate surface area is 90.9 Å². The largest absolute Gasteiger partial charge is 0.382 e. The van der Waals surface area contributed by atoms with Gasteiger partial charge < -0.3 is 5.11 Å². The van der Waals surface area contributed by atoms with E-state index >= 15 is 0 Å². The zero-order valence-electron chi connectivity index (χ0n) is 10.0. The average Bonchev–Trinajstić information content (AvgIpc) is 2.12. The number of Topliss-reactive ketones (excluding diaryl/α,β-unsaturated/α-hetero) is 1. The summed E-state index contributed by atoms with van der Waals surface area (Å²) in [5, 5.41) is 9.67. The van der Waals surface area contributed by atoms with E-state index in [1.807, 2.05) is 26.8 Å². The number of aliphatic hydroxyl groups is 1. The third-order valence-corrected chi connectivity index (χ3v) is 2.86. The predicted molar refractivity (Wildman–Crippen MR) is 61.3 cm³/mol. The van der Waals surface area contributed by atoms with Crippen molar-refractivity contribution in [1.82, 2.24) is 0 Å². The molecular weight excluding hydrogens is 188 g/mol. The number of ketones is 1. The first-order valence-electron chi connectivity index (χ1n) is 5.09. The highest BCUT2D eigenvalue weighted by Crippen LogP contribution is 2.21. The standard InChI is InChI=1S/C13H18O2/c1-8-6-7-11(10(3)9(8)2)12(14)13(4,5)15/h6-7,15H,1-5H3. The van der Waals surface area contributed by atoms with E-state index in [1.165, 1.54) is 19.4 Å². The molecule has 0 atom stereocenters. The zero-order chi connectivity index (χ0) is 11.8. The van der Waals surface area contributed by atoms with Gasteiger partial charge in [-0.2, -0.15) is 0 Å². The molecule has 0 saturated heterocycles. The van der Waals surface area contributed by atoms with Crippen molar-refractivity contribution in [3.05, 3.63) is 34.4 Å². The molecule has 0 heterocycles. The van der Waals surface area contributed by atoms with Crippen LogP contribution in [0.4, 0.5) is 0 Å². The molecule has 2 nitrogen and oxygen atoms in total. The van der Waals surface area contributed by atoms with Gasteiger partial charge in [0, 0.05) is 5.56 Å². The second-order valence-corrected chi connectivity index (χ2v) is 4.57. The maximum atomic E-state index is 11.9. The van der Waals surface area contributed by atoms with Gasteiger partial charge in [-0.15, -0.1) is 0 Å². The average molecular weight is 206 g/mol. The Morgan fingerprint density at radius 1 is 1.13 bits per heavy atom. The van der Waals surface area contributed by atoms with Crippen LogP contribution in [-0.2, 0) is 0 Å². The predicted octanol–water partition coefficient (Wildman–Crippen LogP) is 2.57. The summed E-state index contributed by atoms with van der Waals surface area (Å²) in [6.07, 6.45) is 0. The van der Waals surface area contributed by atoms with Crippen molar-refractivity contribution in [3.63, 3.8) is 0 Å². The minimum Gasteiger partial charge on any atom is -0.382 e. The summed E-state index contributed by atoms with van der Waals surface area (Å²) in [6.45, 7) is 8.96. The Hall–Kier alpha value is -1.15. The summed E-state index contributed by atoms with van der Waals surface area (Å²) in [6, 6.07) is 3.71. The lowest BCUT2D eigenvalue weighted by molar-refractivity contribution is 0.0487. The molecule has 0 bridgehead atoms. The van der Waals surface area contributed by atoms with Crippen LogP contribution in [-0.4, -0.2) is 16.5 Å². The summed E-state index contributed by atoms with van der Waals surface area (Å²) in [5.41, 5.74) is 2.56. The molecule has 1 N–H and O–H groups in total. The van der Waals surface area contributed by atoms with Gasteiger partial charge in [0.1, 0.15) is 5.60 Å². The molecule has 1 aromatic rings. The fourth-order valence-electron chi connectivity index (χ4n) is 1.53. The van der Waals surface area contributed by atoms with Gasteiger partial charge in [0.2, 0.25) is 0 Å². The van der Waals surface area contributed by atoms with Gasteiger partial charge >= 0.3 is 0 Å². The molecule has 1 rings (SSSR count). The monoisotopic (exact) mass is 206 g/mol. The van der Waals surface area contributed by atoms with Crippen LogP contribution in [0.15, 0.2) is 12.1 Å².